The van der Waals surface area contributed by atoms with Crippen LogP contribution in [0.1, 0.15) is 27.2 Å². The van der Waals surface area contributed by atoms with Gasteiger partial charge in [0.2, 0.25) is 10.0 Å². The number of ether oxygens (including phenoxy) is 1. The Morgan fingerprint density at radius 2 is 1.88 bits per heavy atom. The molecule has 0 fully saturated rings. The lowest BCUT2D eigenvalue weighted by Crippen LogP contribution is -2.45. The van der Waals surface area contributed by atoms with E-state index >= 15 is 0 Å². The van der Waals surface area contributed by atoms with Crippen molar-refractivity contribution in [2.45, 2.75) is 38.5 Å². The number of carbonyl (C=O) groups excluding carboxylic acids is 1. The van der Waals surface area contributed by atoms with Crippen molar-refractivity contribution >= 4 is 16.0 Å². The monoisotopic (exact) mass is 267 g/mol. The van der Waals surface area contributed by atoms with Gasteiger partial charge in [0.1, 0.15) is 0 Å². The summed E-state index contributed by atoms with van der Waals surface area (Å²) in [6, 6.07) is -0.577. The molecule has 7 heteroatoms. The molecule has 0 aromatic carbocycles. The molecule has 0 aromatic rings. The zero-order valence-electron chi connectivity index (χ0n) is 10.6. The normalized spacial score (nSPS) is 15.6. The van der Waals surface area contributed by atoms with Gasteiger partial charge in [0.15, 0.2) is 5.25 Å². The minimum Gasteiger partial charge on any atom is -0.468 e. The molecule has 6 nitrogen and oxygen atoms in total. The van der Waals surface area contributed by atoms with E-state index in [0.717, 1.165) is 7.11 Å². The Kier molecular flexibility index (Phi) is 6.66. The second kappa shape index (κ2) is 6.93. The summed E-state index contributed by atoms with van der Waals surface area (Å²) < 4.78 is 30.2. The van der Waals surface area contributed by atoms with Gasteiger partial charge in [0, 0.05) is 6.04 Å². The van der Waals surface area contributed by atoms with Gasteiger partial charge in [-0.25, -0.2) is 13.1 Å². The Hall–Kier alpha value is -0.660. The fourth-order valence-corrected chi connectivity index (χ4v) is 2.55. The highest BCUT2D eigenvalue weighted by Crippen LogP contribution is 2.08. The lowest BCUT2D eigenvalue weighted by molar-refractivity contribution is -0.139. The molecule has 0 heterocycles. The minimum absolute atomic E-state index is 0.239. The third-order valence-corrected chi connectivity index (χ3v) is 4.09. The molecule has 0 spiro atoms. The third-order valence-electron chi connectivity index (χ3n) is 2.31. The van der Waals surface area contributed by atoms with Crippen molar-refractivity contribution in [3.8, 4) is 0 Å². The lowest BCUT2D eigenvalue weighted by atomic mass is 10.1. The number of rotatable bonds is 7. The summed E-state index contributed by atoms with van der Waals surface area (Å²) in [5.74, 6) is -0.581. The van der Waals surface area contributed by atoms with Gasteiger partial charge in [0.05, 0.1) is 13.7 Å². The van der Waals surface area contributed by atoms with Crippen LogP contribution in [0.4, 0.5) is 0 Å². The maximum Gasteiger partial charge on any atom is 0.325 e. The fourth-order valence-electron chi connectivity index (χ4n) is 1.36. The molecule has 0 bridgehead atoms. The van der Waals surface area contributed by atoms with Gasteiger partial charge in [-0.1, -0.05) is 13.8 Å². The van der Waals surface area contributed by atoms with E-state index in [2.05, 4.69) is 9.46 Å². The van der Waals surface area contributed by atoms with Crippen molar-refractivity contribution in [3.05, 3.63) is 0 Å². The number of aliphatic hydroxyl groups is 1. The molecule has 2 N–H and O–H groups in total. The highest BCUT2D eigenvalue weighted by Gasteiger charge is 2.30. The van der Waals surface area contributed by atoms with E-state index in [9.17, 15) is 13.2 Å². The van der Waals surface area contributed by atoms with Gasteiger partial charge in [-0.2, -0.15) is 0 Å². The molecule has 2 unspecified atom stereocenters. The first kappa shape index (κ1) is 16.3. The second-order valence-electron chi connectivity index (χ2n) is 4.34. The molecule has 102 valence electrons. The standard InChI is InChI=1S/C10H21NO5S/c1-7(2)5-9(6-12)11-17(14,15)8(3)10(13)16-4/h7-9,11-12H,5-6H2,1-4H3. The predicted octanol–water partition coefficient (Wildman–Crippen LogP) is -0.126. The highest BCUT2D eigenvalue weighted by atomic mass is 32.2. The molecule has 17 heavy (non-hydrogen) atoms. The maximum absolute atomic E-state index is 11.8. The topological polar surface area (TPSA) is 92.7 Å². The molecular formula is C10H21NO5S. The van der Waals surface area contributed by atoms with Crippen LogP contribution in [0, 0.1) is 5.92 Å². The van der Waals surface area contributed by atoms with Gasteiger partial charge < -0.3 is 9.84 Å². The first-order valence-electron chi connectivity index (χ1n) is 5.44. The minimum atomic E-state index is -3.81. The average molecular weight is 267 g/mol. The zero-order valence-corrected chi connectivity index (χ0v) is 11.5. The number of esters is 1. The summed E-state index contributed by atoms with van der Waals surface area (Å²) in [5, 5.41) is 7.79. The largest absolute Gasteiger partial charge is 0.468 e. The molecule has 0 radical (unpaired) electrons. The number of hydrogen-bond acceptors (Lipinski definition) is 5. The molecule has 0 aromatic heterocycles. The molecule has 0 aliphatic rings. The van der Waals surface area contributed by atoms with Gasteiger partial charge >= 0.3 is 5.97 Å². The van der Waals surface area contributed by atoms with Gasteiger partial charge in [-0.3, -0.25) is 4.79 Å². The number of nitrogens with one attached hydrogen (secondary N) is 1. The zero-order chi connectivity index (χ0) is 13.6. The summed E-state index contributed by atoms with van der Waals surface area (Å²) >= 11 is 0. The molecule has 0 rings (SSSR count). The van der Waals surface area contributed by atoms with Crippen LogP contribution in [0.25, 0.3) is 0 Å². The SMILES string of the molecule is COC(=O)C(C)S(=O)(=O)NC(CO)CC(C)C. The number of carbonyl (C=O) groups is 1. The van der Waals surface area contributed by atoms with Crippen LogP contribution in [-0.2, 0) is 19.6 Å². The van der Waals surface area contributed by atoms with Crippen molar-refractivity contribution in [3.63, 3.8) is 0 Å². The number of aliphatic hydroxyl groups excluding tert-OH is 1. The van der Waals surface area contributed by atoms with E-state index in [1.54, 1.807) is 0 Å². The van der Waals surface area contributed by atoms with Gasteiger partial charge in [-0.05, 0) is 19.3 Å². The van der Waals surface area contributed by atoms with Gasteiger partial charge in [-0.15, -0.1) is 0 Å². The van der Waals surface area contributed by atoms with Crippen LogP contribution in [-0.4, -0.2) is 44.5 Å². The van der Waals surface area contributed by atoms with Crippen molar-refractivity contribution in [2.24, 2.45) is 5.92 Å². The molecular weight excluding hydrogens is 246 g/mol. The molecule has 0 aliphatic heterocycles. The molecule has 0 saturated carbocycles. The van der Waals surface area contributed by atoms with E-state index in [1.165, 1.54) is 6.92 Å². The van der Waals surface area contributed by atoms with Crippen LogP contribution < -0.4 is 4.72 Å². The van der Waals surface area contributed by atoms with Crippen molar-refractivity contribution in [1.82, 2.24) is 4.72 Å². The summed E-state index contributed by atoms with van der Waals surface area (Å²) in [4.78, 5) is 11.1. The van der Waals surface area contributed by atoms with Crippen molar-refractivity contribution in [2.75, 3.05) is 13.7 Å². The first-order chi connectivity index (χ1) is 7.74. The van der Waals surface area contributed by atoms with Crippen LogP contribution >= 0.6 is 0 Å². The van der Waals surface area contributed by atoms with Crippen LogP contribution in [0.3, 0.4) is 0 Å². The summed E-state index contributed by atoms with van der Waals surface area (Å²) in [6.45, 7) is 4.78. The predicted molar refractivity (Wildman–Crippen MR) is 63.9 cm³/mol. The smallest absolute Gasteiger partial charge is 0.325 e. The van der Waals surface area contributed by atoms with Crippen LogP contribution in [0.15, 0.2) is 0 Å². The van der Waals surface area contributed by atoms with Crippen LogP contribution in [0.2, 0.25) is 0 Å². The molecule has 0 saturated heterocycles. The Morgan fingerprint density at radius 1 is 1.35 bits per heavy atom. The lowest BCUT2D eigenvalue weighted by Gasteiger charge is -2.20. The maximum atomic E-state index is 11.8. The summed E-state index contributed by atoms with van der Waals surface area (Å²) in [5.41, 5.74) is 0. The number of methoxy groups -OCH3 is 1. The first-order valence-corrected chi connectivity index (χ1v) is 6.99. The van der Waals surface area contributed by atoms with Crippen LogP contribution in [0.5, 0.6) is 0 Å². The highest BCUT2D eigenvalue weighted by molar-refractivity contribution is 7.90. The quantitative estimate of drug-likeness (QED) is 0.627. The second-order valence-corrected chi connectivity index (χ2v) is 6.37. The van der Waals surface area contributed by atoms with Gasteiger partial charge in [0.25, 0.3) is 0 Å². The molecule has 0 aliphatic carbocycles. The van der Waals surface area contributed by atoms with E-state index < -0.39 is 27.3 Å². The van der Waals surface area contributed by atoms with Crippen molar-refractivity contribution in [1.29, 1.82) is 0 Å². The Morgan fingerprint density at radius 3 is 2.24 bits per heavy atom. The number of sulfonamides is 1. The average Bonchev–Trinajstić information content (AvgIpc) is 2.24. The molecule has 2 atom stereocenters. The third kappa shape index (κ3) is 5.47. The summed E-state index contributed by atoms with van der Waals surface area (Å²) in [6.07, 6.45) is 0.504. The fraction of sp³-hybridized carbons (Fsp3) is 0.900. The summed E-state index contributed by atoms with van der Waals surface area (Å²) in [7, 11) is -2.68. The molecule has 0 amide bonds. The Bertz CT molecular complexity index is 339. The van der Waals surface area contributed by atoms with E-state index in [4.69, 9.17) is 5.11 Å². The Balaban J connectivity index is 4.67. The van der Waals surface area contributed by atoms with E-state index in [0.29, 0.717) is 6.42 Å². The van der Waals surface area contributed by atoms with E-state index in [-0.39, 0.29) is 12.5 Å². The van der Waals surface area contributed by atoms with Crippen molar-refractivity contribution < 1.29 is 23.1 Å². The number of hydrogen-bond donors (Lipinski definition) is 2. The van der Waals surface area contributed by atoms with E-state index in [1.807, 2.05) is 13.8 Å². The Labute approximate surface area is 102 Å².